The van der Waals surface area contributed by atoms with Crippen LogP contribution < -0.4 is 9.47 Å². The number of fused-ring (bicyclic) bond motifs is 6. The highest BCUT2D eigenvalue weighted by Gasteiger charge is 2.57. The van der Waals surface area contributed by atoms with Crippen molar-refractivity contribution in [1.82, 2.24) is 0 Å². The number of benzene rings is 4. The summed E-state index contributed by atoms with van der Waals surface area (Å²) < 4.78 is 28.8. The molecule has 0 bridgehead atoms. The SMILES string of the molecule is CC(C)c1ccc2c(c1)CCC1C(C)(C(=O)OCC(O)COCCOc3ccc(Cc4ccc(OCOOCC(O)COC(=O)C5(C)CCCC6(C)c7ccc(C(C)C)cc7CCC56)cc4)cc3)CCCC21C. The van der Waals surface area contributed by atoms with Gasteiger partial charge in [-0.1, -0.05) is 115 Å². The molecule has 0 saturated heterocycles. The molecule has 2 saturated carbocycles. The number of ether oxygens (including phenoxy) is 5. The quantitative estimate of drug-likeness (QED) is 0.0256. The predicted molar refractivity (Wildman–Crippen MR) is 282 cm³/mol. The number of rotatable bonds is 22. The van der Waals surface area contributed by atoms with Crippen molar-refractivity contribution in [2.45, 2.75) is 161 Å². The number of carbonyl (C=O) groups is 2. The van der Waals surface area contributed by atoms with Crippen LogP contribution in [0.5, 0.6) is 11.5 Å². The molecule has 0 aliphatic heterocycles. The lowest BCUT2D eigenvalue weighted by Gasteiger charge is -2.54. The van der Waals surface area contributed by atoms with Gasteiger partial charge in [0.1, 0.15) is 50.1 Å². The predicted octanol–water partition coefficient (Wildman–Crippen LogP) is 11.4. The van der Waals surface area contributed by atoms with E-state index in [9.17, 15) is 19.8 Å². The normalized spacial score (nSPS) is 26.2. The maximum absolute atomic E-state index is 13.7. The molecular weight excluding hydrogens is 921 g/mol. The van der Waals surface area contributed by atoms with Crippen molar-refractivity contribution in [1.29, 1.82) is 0 Å². The molecule has 8 unspecified atom stereocenters. The molecule has 4 aliphatic rings. The van der Waals surface area contributed by atoms with E-state index in [1.807, 2.05) is 48.5 Å². The van der Waals surface area contributed by atoms with Gasteiger partial charge < -0.3 is 33.9 Å². The van der Waals surface area contributed by atoms with Gasteiger partial charge in [0.05, 0.1) is 24.0 Å². The zero-order chi connectivity index (χ0) is 52.0. The first kappa shape index (κ1) is 54.5. The fraction of sp³-hybridized carbons (Fsp3) is 0.581. The Kier molecular flexibility index (Phi) is 17.5. The van der Waals surface area contributed by atoms with E-state index in [1.165, 1.54) is 33.4 Å². The van der Waals surface area contributed by atoms with Crippen LogP contribution in [0.25, 0.3) is 0 Å². The maximum atomic E-state index is 13.7. The van der Waals surface area contributed by atoms with E-state index >= 15 is 0 Å². The van der Waals surface area contributed by atoms with Crippen molar-refractivity contribution >= 4 is 11.9 Å². The summed E-state index contributed by atoms with van der Waals surface area (Å²) in [4.78, 5) is 37.8. The van der Waals surface area contributed by atoms with Crippen LogP contribution in [0, 0.1) is 22.7 Å². The van der Waals surface area contributed by atoms with E-state index in [2.05, 4.69) is 91.8 Å². The van der Waals surface area contributed by atoms with Gasteiger partial charge in [-0.05, 0) is 175 Å². The fourth-order valence-electron chi connectivity index (χ4n) is 13.3. The molecule has 0 heterocycles. The number of aliphatic hydroxyl groups is 2. The number of esters is 2. The summed E-state index contributed by atoms with van der Waals surface area (Å²) >= 11 is 0. The van der Waals surface area contributed by atoms with Crippen molar-refractivity contribution in [3.63, 3.8) is 0 Å². The van der Waals surface area contributed by atoms with E-state index in [1.54, 1.807) is 0 Å². The lowest BCUT2D eigenvalue weighted by molar-refractivity contribution is -0.332. The van der Waals surface area contributed by atoms with Crippen LogP contribution in [0.15, 0.2) is 84.9 Å². The maximum Gasteiger partial charge on any atom is 0.312 e. The first-order valence-corrected chi connectivity index (χ1v) is 27.2. The Balaban J connectivity index is 0.677. The molecular formula is C62H82O11. The molecule has 4 aliphatic carbocycles. The molecule has 0 spiro atoms. The molecule has 11 heteroatoms. The Morgan fingerprint density at radius 1 is 0.562 bits per heavy atom. The van der Waals surface area contributed by atoms with Crippen LogP contribution in [0.3, 0.4) is 0 Å². The van der Waals surface area contributed by atoms with Crippen molar-refractivity contribution in [2.24, 2.45) is 22.7 Å². The van der Waals surface area contributed by atoms with Crippen molar-refractivity contribution in [3.05, 3.63) is 129 Å². The summed E-state index contributed by atoms with van der Waals surface area (Å²) in [5, 5.41) is 21.2. The molecule has 4 aromatic rings. The molecule has 396 valence electrons. The third-order valence-corrected chi connectivity index (χ3v) is 17.5. The highest BCUT2D eigenvalue weighted by Crippen LogP contribution is 2.59. The van der Waals surface area contributed by atoms with Crippen molar-refractivity contribution in [2.75, 3.05) is 46.4 Å². The third-order valence-electron chi connectivity index (χ3n) is 17.5. The van der Waals surface area contributed by atoms with Crippen molar-refractivity contribution < 1.29 is 53.3 Å². The molecule has 0 amide bonds. The van der Waals surface area contributed by atoms with Gasteiger partial charge >= 0.3 is 11.9 Å². The smallest absolute Gasteiger partial charge is 0.312 e. The lowest BCUT2D eigenvalue weighted by Crippen LogP contribution is -2.53. The first-order chi connectivity index (χ1) is 34.9. The van der Waals surface area contributed by atoms with Crippen LogP contribution in [0.1, 0.15) is 163 Å². The van der Waals surface area contributed by atoms with Crippen LogP contribution in [-0.4, -0.2) is 80.8 Å². The van der Waals surface area contributed by atoms with Gasteiger partial charge in [-0.3, -0.25) is 9.59 Å². The minimum atomic E-state index is -1.04. The molecule has 2 fully saturated rings. The van der Waals surface area contributed by atoms with Gasteiger partial charge in [0, 0.05) is 0 Å². The van der Waals surface area contributed by atoms with Crippen molar-refractivity contribution in [3.8, 4) is 11.5 Å². The number of aliphatic hydroxyl groups excluding tert-OH is 2. The minimum Gasteiger partial charge on any atom is -0.491 e. The summed E-state index contributed by atoms with van der Waals surface area (Å²) in [5.74, 6) is 2.16. The Bertz CT molecular complexity index is 2310. The molecule has 8 rings (SSSR count). The third kappa shape index (κ3) is 12.2. The van der Waals surface area contributed by atoms with E-state index in [4.69, 9.17) is 33.5 Å². The van der Waals surface area contributed by atoms with Crippen LogP contribution >= 0.6 is 0 Å². The monoisotopic (exact) mass is 1000 g/mol. The average molecular weight is 1000 g/mol. The second-order valence-electron chi connectivity index (χ2n) is 23.3. The average Bonchev–Trinajstić information content (AvgIpc) is 3.37. The van der Waals surface area contributed by atoms with E-state index in [0.29, 0.717) is 36.4 Å². The summed E-state index contributed by atoms with van der Waals surface area (Å²) in [6.45, 7) is 17.7. The van der Waals surface area contributed by atoms with Gasteiger partial charge in [-0.25, -0.2) is 4.89 Å². The Hall–Kier alpha value is -4.78. The topological polar surface area (TPSA) is 139 Å². The Morgan fingerprint density at radius 2 is 1.03 bits per heavy atom. The number of hydrogen-bond donors (Lipinski definition) is 2. The van der Waals surface area contributed by atoms with E-state index in [-0.39, 0.29) is 74.4 Å². The zero-order valence-corrected chi connectivity index (χ0v) is 44.8. The second kappa shape index (κ2) is 23.4. The van der Waals surface area contributed by atoms with Crippen LogP contribution in [-0.2, 0) is 63.7 Å². The summed E-state index contributed by atoms with van der Waals surface area (Å²) in [7, 11) is 0. The van der Waals surface area contributed by atoms with Gasteiger partial charge in [-0.15, -0.1) is 0 Å². The Morgan fingerprint density at radius 3 is 1.51 bits per heavy atom. The molecule has 0 radical (unpaired) electrons. The largest absolute Gasteiger partial charge is 0.491 e. The standard InChI is InChI=1S/C62H82O11/c1-41(2)45-15-23-53-47(34-45)17-25-55-59(53,5)27-9-29-61(55,7)57(65)69-37-49(63)36-67-31-32-68-51-19-11-43(12-20-51)33-44-13-21-52(22-14-44)71-40-73-72-39-50(64)38-70-58(66)62(8)30-10-28-60(6)54-24-16-46(42(3)4)35-48(54)18-26-56(60)62/h11-16,19-24,34-35,41-42,49-50,55-56,63-64H,9-10,17-18,25-33,36-40H2,1-8H3. The fourth-order valence-corrected chi connectivity index (χ4v) is 13.3. The highest BCUT2D eigenvalue weighted by atomic mass is 17.2. The summed E-state index contributed by atoms with van der Waals surface area (Å²) in [6, 6.07) is 29.5. The molecule has 2 N–H and O–H groups in total. The molecule has 0 aromatic heterocycles. The summed E-state index contributed by atoms with van der Waals surface area (Å²) in [6.07, 6.45) is 8.17. The van der Waals surface area contributed by atoms with Crippen LogP contribution in [0.2, 0.25) is 0 Å². The molecule has 11 nitrogen and oxygen atoms in total. The summed E-state index contributed by atoms with van der Waals surface area (Å²) in [5.41, 5.74) is 9.14. The zero-order valence-electron chi connectivity index (χ0n) is 44.8. The van der Waals surface area contributed by atoms with E-state index in [0.717, 1.165) is 75.3 Å². The van der Waals surface area contributed by atoms with Crippen LogP contribution in [0.4, 0.5) is 0 Å². The Labute approximate surface area is 434 Å². The second-order valence-corrected chi connectivity index (χ2v) is 23.3. The van der Waals surface area contributed by atoms with Gasteiger partial charge in [0.2, 0.25) is 6.79 Å². The number of aryl methyl sites for hydroxylation is 2. The van der Waals surface area contributed by atoms with Gasteiger partial charge in [-0.2, -0.15) is 4.89 Å². The number of carbonyl (C=O) groups excluding carboxylic acids is 2. The first-order valence-electron chi connectivity index (χ1n) is 27.2. The lowest BCUT2D eigenvalue weighted by atomic mass is 9.49. The van der Waals surface area contributed by atoms with Gasteiger partial charge in [0.25, 0.3) is 0 Å². The minimum absolute atomic E-state index is 0.0456. The number of hydrogen-bond acceptors (Lipinski definition) is 11. The molecule has 8 atom stereocenters. The molecule has 4 aromatic carbocycles. The van der Waals surface area contributed by atoms with Gasteiger partial charge in [0.15, 0.2) is 0 Å². The molecule has 73 heavy (non-hydrogen) atoms. The van der Waals surface area contributed by atoms with E-state index < -0.39 is 23.0 Å². The highest BCUT2D eigenvalue weighted by molar-refractivity contribution is 5.78.